The monoisotopic (exact) mass is 339 g/mol. The number of rotatable bonds is 3. The van der Waals surface area contributed by atoms with Gasteiger partial charge < -0.3 is 9.80 Å². The Morgan fingerprint density at radius 1 is 1.25 bits per heavy atom. The van der Waals surface area contributed by atoms with Crippen LogP contribution in [0.5, 0.6) is 0 Å². The summed E-state index contributed by atoms with van der Waals surface area (Å²) in [5.74, 6) is 0.481. The van der Waals surface area contributed by atoms with Crippen LogP contribution >= 0.6 is 0 Å². The van der Waals surface area contributed by atoms with Crippen LogP contribution in [0.3, 0.4) is 0 Å². The molecule has 0 amide bonds. The van der Waals surface area contributed by atoms with Crippen molar-refractivity contribution in [2.75, 3.05) is 29.9 Å². The molecule has 0 unspecified atom stereocenters. The fourth-order valence-corrected chi connectivity index (χ4v) is 2.49. The van der Waals surface area contributed by atoms with Crippen LogP contribution in [0.25, 0.3) is 0 Å². The molecule has 1 aliphatic rings. The van der Waals surface area contributed by atoms with Gasteiger partial charge in [0, 0.05) is 39.4 Å². The Labute approximate surface area is 136 Å². The van der Waals surface area contributed by atoms with E-state index in [-0.39, 0.29) is 11.6 Å². The van der Waals surface area contributed by atoms with Gasteiger partial charge in [-0.05, 0) is 12.1 Å². The molecule has 0 saturated carbocycles. The number of anilines is 2. The van der Waals surface area contributed by atoms with E-state index < -0.39 is 11.7 Å². The van der Waals surface area contributed by atoms with E-state index in [0.29, 0.717) is 18.9 Å². The minimum Gasteiger partial charge on any atom is -0.366 e. The lowest BCUT2D eigenvalue weighted by atomic mass is 10.1. The van der Waals surface area contributed by atoms with Gasteiger partial charge in [0.1, 0.15) is 5.82 Å². The second kappa shape index (κ2) is 5.81. The van der Waals surface area contributed by atoms with Gasteiger partial charge in [-0.15, -0.1) is 0 Å². The minimum absolute atomic E-state index is 0.110. The first-order chi connectivity index (χ1) is 11.3. The molecule has 0 radical (unpaired) electrons. The summed E-state index contributed by atoms with van der Waals surface area (Å²) in [5, 5.41) is 3.97. The predicted octanol–water partition coefficient (Wildman–Crippen LogP) is 1.52. The van der Waals surface area contributed by atoms with Crippen LogP contribution in [0, 0.1) is 0 Å². The first-order valence-electron chi connectivity index (χ1n) is 7.30. The highest BCUT2D eigenvalue weighted by Gasteiger charge is 2.33. The van der Waals surface area contributed by atoms with Crippen LogP contribution in [0.4, 0.5) is 24.7 Å². The van der Waals surface area contributed by atoms with Gasteiger partial charge in [0.15, 0.2) is 0 Å². The molecule has 3 heterocycles. The maximum absolute atomic E-state index is 12.6. The summed E-state index contributed by atoms with van der Waals surface area (Å²) in [5.41, 5.74) is -0.210. The molecule has 6 nitrogen and oxygen atoms in total. The second-order valence-corrected chi connectivity index (χ2v) is 5.75. The highest BCUT2D eigenvalue weighted by atomic mass is 19.4. The number of hydrogen-bond acceptors (Lipinski definition) is 5. The SMILES string of the molecule is CN(c1ccc(C(F)(F)F)cn1)C1CN(c2cnn(C)c(=O)c2)C1. The van der Waals surface area contributed by atoms with Gasteiger partial charge in [-0.3, -0.25) is 4.79 Å². The van der Waals surface area contributed by atoms with E-state index in [0.717, 1.165) is 18.0 Å². The zero-order valence-electron chi connectivity index (χ0n) is 13.2. The molecule has 2 aromatic heterocycles. The summed E-state index contributed by atoms with van der Waals surface area (Å²) in [6.07, 6.45) is -1.93. The van der Waals surface area contributed by atoms with E-state index in [2.05, 4.69) is 10.1 Å². The number of aryl methyl sites for hydroxylation is 1. The van der Waals surface area contributed by atoms with Gasteiger partial charge >= 0.3 is 6.18 Å². The van der Waals surface area contributed by atoms with Crippen molar-refractivity contribution < 1.29 is 13.2 Å². The van der Waals surface area contributed by atoms with Crippen molar-refractivity contribution in [1.82, 2.24) is 14.8 Å². The van der Waals surface area contributed by atoms with Crippen LogP contribution in [-0.2, 0) is 13.2 Å². The number of aromatic nitrogens is 3. The van der Waals surface area contributed by atoms with Crippen molar-refractivity contribution in [3.63, 3.8) is 0 Å². The van der Waals surface area contributed by atoms with Crippen LogP contribution in [0.1, 0.15) is 5.56 Å². The van der Waals surface area contributed by atoms with Gasteiger partial charge in [0.25, 0.3) is 5.56 Å². The van der Waals surface area contributed by atoms with Crippen LogP contribution < -0.4 is 15.4 Å². The third-order valence-corrected chi connectivity index (χ3v) is 4.17. The Morgan fingerprint density at radius 2 is 1.96 bits per heavy atom. The topological polar surface area (TPSA) is 54.3 Å². The number of likely N-dealkylation sites (N-methyl/N-ethyl adjacent to an activating group) is 1. The zero-order valence-corrected chi connectivity index (χ0v) is 13.2. The second-order valence-electron chi connectivity index (χ2n) is 5.75. The van der Waals surface area contributed by atoms with Gasteiger partial charge in [-0.1, -0.05) is 0 Å². The number of alkyl halides is 3. The molecule has 1 saturated heterocycles. The molecule has 1 fully saturated rings. The standard InChI is InChI=1S/C15H16F3N5O/c1-21(13-4-3-10(6-19-13)15(16,17)18)12-8-23(9-12)11-5-14(24)22(2)20-7-11/h3-7,12H,8-9H2,1-2H3. The Kier molecular flexibility index (Phi) is 3.94. The molecule has 3 rings (SSSR count). The Balaban J connectivity index is 1.65. The number of pyridine rings is 1. The van der Waals surface area contributed by atoms with Crippen molar-refractivity contribution in [3.8, 4) is 0 Å². The van der Waals surface area contributed by atoms with Crippen molar-refractivity contribution in [3.05, 3.63) is 46.5 Å². The highest BCUT2D eigenvalue weighted by molar-refractivity contribution is 5.50. The quantitative estimate of drug-likeness (QED) is 0.849. The number of nitrogens with zero attached hydrogens (tertiary/aromatic N) is 5. The summed E-state index contributed by atoms with van der Waals surface area (Å²) in [7, 11) is 3.37. The fraction of sp³-hybridized carbons (Fsp3) is 0.400. The molecule has 128 valence electrons. The van der Waals surface area contributed by atoms with Crippen LogP contribution in [0.2, 0.25) is 0 Å². The zero-order chi connectivity index (χ0) is 17.5. The molecule has 0 atom stereocenters. The van der Waals surface area contributed by atoms with E-state index in [1.165, 1.54) is 16.8 Å². The van der Waals surface area contributed by atoms with Gasteiger partial charge in [0.2, 0.25) is 0 Å². The summed E-state index contributed by atoms with van der Waals surface area (Å²) in [6.45, 7) is 1.29. The molecule has 0 bridgehead atoms. The molecule has 24 heavy (non-hydrogen) atoms. The molecular weight excluding hydrogens is 323 g/mol. The maximum atomic E-state index is 12.6. The number of hydrogen-bond donors (Lipinski definition) is 0. The van der Waals surface area contributed by atoms with Crippen LogP contribution in [-0.4, -0.2) is 40.9 Å². The van der Waals surface area contributed by atoms with Crippen molar-refractivity contribution in [2.24, 2.45) is 7.05 Å². The van der Waals surface area contributed by atoms with Crippen molar-refractivity contribution in [1.29, 1.82) is 0 Å². The maximum Gasteiger partial charge on any atom is 0.417 e. The molecular formula is C15H16F3N5O. The van der Waals surface area contributed by atoms with Crippen molar-refractivity contribution >= 4 is 11.5 Å². The first kappa shape index (κ1) is 16.3. The lowest BCUT2D eigenvalue weighted by Gasteiger charge is -2.45. The minimum atomic E-state index is -4.39. The summed E-state index contributed by atoms with van der Waals surface area (Å²) < 4.78 is 38.9. The highest BCUT2D eigenvalue weighted by Crippen LogP contribution is 2.30. The number of halogens is 3. The smallest absolute Gasteiger partial charge is 0.366 e. The van der Waals surface area contributed by atoms with E-state index in [1.807, 2.05) is 9.80 Å². The first-order valence-corrected chi connectivity index (χ1v) is 7.30. The average molecular weight is 339 g/mol. The fourth-order valence-electron chi connectivity index (χ4n) is 2.49. The summed E-state index contributed by atoms with van der Waals surface area (Å²) in [4.78, 5) is 19.3. The third kappa shape index (κ3) is 3.06. The Morgan fingerprint density at radius 3 is 2.50 bits per heavy atom. The van der Waals surface area contributed by atoms with E-state index in [4.69, 9.17) is 0 Å². The van der Waals surface area contributed by atoms with Crippen LogP contribution in [0.15, 0.2) is 35.4 Å². The lowest BCUT2D eigenvalue weighted by molar-refractivity contribution is -0.137. The molecule has 0 N–H and O–H groups in total. The van der Waals surface area contributed by atoms with Crippen molar-refractivity contribution in [2.45, 2.75) is 12.2 Å². The third-order valence-electron chi connectivity index (χ3n) is 4.17. The summed E-state index contributed by atoms with van der Waals surface area (Å²) in [6, 6.07) is 4.02. The van der Waals surface area contributed by atoms with Gasteiger partial charge in [0.05, 0.1) is 23.5 Å². The molecule has 1 aliphatic heterocycles. The average Bonchev–Trinajstić information content (AvgIpc) is 2.48. The normalized spacial score (nSPS) is 15.3. The predicted molar refractivity (Wildman–Crippen MR) is 83.1 cm³/mol. The largest absolute Gasteiger partial charge is 0.417 e. The Bertz CT molecular complexity index is 781. The van der Waals surface area contributed by atoms with Gasteiger partial charge in [-0.25, -0.2) is 9.67 Å². The molecule has 0 aliphatic carbocycles. The van der Waals surface area contributed by atoms with E-state index in [9.17, 15) is 18.0 Å². The molecule has 0 aromatic carbocycles. The van der Waals surface area contributed by atoms with E-state index >= 15 is 0 Å². The van der Waals surface area contributed by atoms with Gasteiger partial charge in [-0.2, -0.15) is 18.3 Å². The molecule has 0 spiro atoms. The Hall–Kier alpha value is -2.58. The molecule has 2 aromatic rings. The summed E-state index contributed by atoms with van der Waals surface area (Å²) >= 11 is 0. The lowest BCUT2D eigenvalue weighted by Crippen LogP contribution is -2.59. The molecule has 9 heteroatoms. The van der Waals surface area contributed by atoms with E-state index in [1.54, 1.807) is 20.3 Å².